The van der Waals surface area contributed by atoms with E-state index in [1.165, 1.54) is 12.5 Å². The van der Waals surface area contributed by atoms with Crippen LogP contribution in [0.2, 0.25) is 0 Å². The molecular weight excluding hydrogens is 352 g/mol. The van der Waals surface area contributed by atoms with Crippen molar-refractivity contribution in [2.45, 2.75) is 78.7 Å². The fourth-order valence-corrected chi connectivity index (χ4v) is 7.96. The first-order chi connectivity index (χ1) is 13.1. The van der Waals surface area contributed by atoms with Crippen LogP contribution in [0.25, 0.3) is 0 Å². The Labute approximate surface area is 168 Å². The molecule has 0 spiro atoms. The Morgan fingerprint density at radius 3 is 2.46 bits per heavy atom. The van der Waals surface area contributed by atoms with E-state index in [-0.39, 0.29) is 23.0 Å². The number of carbonyl (C=O) groups excluding carboxylic acids is 3. The van der Waals surface area contributed by atoms with Gasteiger partial charge in [-0.15, -0.1) is 0 Å². The van der Waals surface area contributed by atoms with E-state index >= 15 is 0 Å². The van der Waals surface area contributed by atoms with Gasteiger partial charge in [-0.25, -0.2) is 0 Å². The molecule has 0 amide bonds. The summed E-state index contributed by atoms with van der Waals surface area (Å²) in [6.45, 7) is 9.74. The summed E-state index contributed by atoms with van der Waals surface area (Å²) < 4.78 is 5.84. The van der Waals surface area contributed by atoms with Gasteiger partial charge in [0.05, 0.1) is 0 Å². The van der Waals surface area contributed by atoms with Crippen LogP contribution in [0.4, 0.5) is 0 Å². The predicted molar refractivity (Wildman–Crippen MR) is 106 cm³/mol. The summed E-state index contributed by atoms with van der Waals surface area (Å²) in [6.07, 6.45) is 7.29. The molecule has 8 atom stereocenters. The lowest BCUT2D eigenvalue weighted by atomic mass is 9.48. The number of fused-ring (bicyclic) bond motifs is 5. The van der Waals surface area contributed by atoms with Crippen LogP contribution >= 0.6 is 0 Å². The number of hydrogen-bond acceptors (Lipinski definition) is 4. The molecule has 0 aromatic rings. The number of hydrogen-bond donors (Lipinski definition) is 0. The second-order valence-corrected chi connectivity index (χ2v) is 10.4. The molecule has 28 heavy (non-hydrogen) atoms. The largest absolute Gasteiger partial charge is 0.451 e. The summed E-state index contributed by atoms with van der Waals surface area (Å²) in [5.41, 5.74) is 0.145. The van der Waals surface area contributed by atoms with Crippen molar-refractivity contribution in [1.82, 2.24) is 0 Å². The molecule has 0 aliphatic heterocycles. The molecule has 0 bridgehead atoms. The van der Waals surface area contributed by atoms with Crippen LogP contribution in [0.1, 0.15) is 73.1 Å². The van der Waals surface area contributed by atoms with Gasteiger partial charge in [-0.1, -0.05) is 26.3 Å². The van der Waals surface area contributed by atoms with Crippen molar-refractivity contribution in [2.75, 3.05) is 0 Å². The highest BCUT2D eigenvalue weighted by Crippen LogP contribution is 2.67. The molecule has 4 nitrogen and oxygen atoms in total. The van der Waals surface area contributed by atoms with E-state index in [0.717, 1.165) is 25.7 Å². The molecule has 4 heteroatoms. The smallest absolute Gasteiger partial charge is 0.303 e. The third kappa shape index (κ3) is 2.59. The lowest BCUT2D eigenvalue weighted by Gasteiger charge is -2.57. The zero-order chi connectivity index (χ0) is 20.4. The normalized spacial score (nSPS) is 47.5. The summed E-state index contributed by atoms with van der Waals surface area (Å²) in [4.78, 5) is 36.9. The number of esters is 1. The first kappa shape index (κ1) is 19.8. The van der Waals surface area contributed by atoms with Crippen molar-refractivity contribution in [3.8, 4) is 0 Å². The Kier molecular flexibility index (Phi) is 4.63. The minimum atomic E-state index is -0.956. The zero-order valence-corrected chi connectivity index (χ0v) is 17.9. The van der Waals surface area contributed by atoms with Crippen LogP contribution in [0.15, 0.2) is 11.6 Å². The van der Waals surface area contributed by atoms with Gasteiger partial charge in [-0.2, -0.15) is 0 Å². The average Bonchev–Trinajstić information content (AvgIpc) is 2.88. The lowest BCUT2D eigenvalue weighted by Crippen LogP contribution is -2.58. The van der Waals surface area contributed by atoms with Gasteiger partial charge in [0.15, 0.2) is 17.2 Å². The number of allylic oxidation sites excluding steroid dienone is 1. The molecule has 0 heterocycles. The highest BCUT2D eigenvalue weighted by Gasteiger charge is 2.67. The van der Waals surface area contributed by atoms with Crippen molar-refractivity contribution in [3.05, 3.63) is 11.6 Å². The molecule has 0 aromatic carbocycles. The van der Waals surface area contributed by atoms with Crippen LogP contribution in [0.5, 0.6) is 0 Å². The maximum atomic E-state index is 12.8. The van der Waals surface area contributed by atoms with Crippen molar-refractivity contribution < 1.29 is 19.1 Å². The highest BCUT2D eigenvalue weighted by molar-refractivity contribution is 5.92. The fraction of sp³-hybridized carbons (Fsp3) is 0.792. The number of rotatable bonds is 2. The van der Waals surface area contributed by atoms with Gasteiger partial charge in [0.2, 0.25) is 0 Å². The van der Waals surface area contributed by atoms with Crippen LogP contribution in [0, 0.1) is 40.9 Å². The van der Waals surface area contributed by atoms with E-state index in [1.54, 1.807) is 6.92 Å². The standard InChI is InChI=1S/C24H34O4/c1-13-11-20-18(22-14(2)10-17(27)12-19(13)22)6-8-23(5)21(20)7-9-24(23,15(3)25)28-16(4)26/h12-14,18,20-22H,6-11H2,1-5H3/t13-,14-,18-,20+,21-,22+,23-,24-/m0/s1. The monoisotopic (exact) mass is 386 g/mol. The first-order valence-electron chi connectivity index (χ1n) is 11.1. The van der Waals surface area contributed by atoms with Gasteiger partial charge >= 0.3 is 5.97 Å². The van der Waals surface area contributed by atoms with Gasteiger partial charge in [-0.05, 0) is 80.6 Å². The SMILES string of the molecule is CC(=O)O[C@]1(C(C)=O)CC[C@H]2[C@@H]3C[C@H](C)C4=CC(=O)C[C@H](C)[C@@H]4[C@H]3CC[C@@]21C. The van der Waals surface area contributed by atoms with E-state index in [0.29, 0.717) is 48.3 Å². The highest BCUT2D eigenvalue weighted by atomic mass is 16.6. The zero-order valence-electron chi connectivity index (χ0n) is 17.9. The van der Waals surface area contributed by atoms with Crippen LogP contribution in [-0.2, 0) is 19.1 Å². The third-order valence-electron chi connectivity index (χ3n) is 9.00. The summed E-state index contributed by atoms with van der Waals surface area (Å²) in [6, 6.07) is 0. The average molecular weight is 387 g/mol. The van der Waals surface area contributed by atoms with E-state index in [9.17, 15) is 14.4 Å². The summed E-state index contributed by atoms with van der Waals surface area (Å²) in [5, 5.41) is 0. The van der Waals surface area contributed by atoms with Gasteiger partial charge < -0.3 is 4.74 Å². The Balaban J connectivity index is 1.71. The summed E-state index contributed by atoms with van der Waals surface area (Å²) in [5.74, 6) is 2.80. The Morgan fingerprint density at radius 2 is 1.82 bits per heavy atom. The molecule has 0 saturated heterocycles. The fourth-order valence-electron chi connectivity index (χ4n) is 7.96. The number of ketones is 2. The molecule has 3 fully saturated rings. The lowest BCUT2D eigenvalue weighted by molar-refractivity contribution is -0.186. The van der Waals surface area contributed by atoms with Gasteiger partial charge in [0.1, 0.15) is 0 Å². The predicted octanol–water partition coefficient (Wildman–Crippen LogP) is 4.51. The molecular formula is C24H34O4. The molecule has 4 rings (SSSR count). The van der Waals surface area contributed by atoms with Crippen LogP contribution in [0.3, 0.4) is 0 Å². The third-order valence-corrected chi connectivity index (χ3v) is 9.00. The minimum Gasteiger partial charge on any atom is -0.451 e. The molecule has 4 aliphatic carbocycles. The molecule has 0 radical (unpaired) electrons. The van der Waals surface area contributed by atoms with Gasteiger partial charge in [0, 0.05) is 18.8 Å². The molecule has 4 aliphatic rings. The van der Waals surface area contributed by atoms with E-state index < -0.39 is 5.60 Å². The van der Waals surface area contributed by atoms with E-state index in [1.807, 2.05) is 6.08 Å². The van der Waals surface area contributed by atoms with Crippen LogP contribution < -0.4 is 0 Å². The quantitative estimate of drug-likeness (QED) is 0.655. The Hall–Kier alpha value is -1.45. The topological polar surface area (TPSA) is 60.4 Å². The number of Topliss-reactive ketones (excluding diaryl/α,β-unsaturated/α-hetero) is 1. The minimum absolute atomic E-state index is 0.00669. The second kappa shape index (κ2) is 6.53. The van der Waals surface area contributed by atoms with Gasteiger partial charge in [0.25, 0.3) is 0 Å². The Morgan fingerprint density at radius 1 is 1.11 bits per heavy atom. The summed E-state index contributed by atoms with van der Waals surface area (Å²) >= 11 is 0. The van der Waals surface area contributed by atoms with Crippen molar-refractivity contribution >= 4 is 17.5 Å². The second-order valence-electron chi connectivity index (χ2n) is 10.4. The number of ether oxygens (including phenoxy) is 1. The van der Waals surface area contributed by atoms with E-state index in [4.69, 9.17) is 4.74 Å². The van der Waals surface area contributed by atoms with Crippen molar-refractivity contribution in [3.63, 3.8) is 0 Å². The van der Waals surface area contributed by atoms with Crippen molar-refractivity contribution in [1.29, 1.82) is 0 Å². The number of carbonyl (C=O) groups is 3. The first-order valence-corrected chi connectivity index (χ1v) is 11.1. The molecule has 3 saturated carbocycles. The molecule has 154 valence electrons. The maximum absolute atomic E-state index is 12.8. The van der Waals surface area contributed by atoms with Crippen LogP contribution in [-0.4, -0.2) is 23.1 Å². The molecule has 0 aromatic heterocycles. The maximum Gasteiger partial charge on any atom is 0.303 e. The summed E-state index contributed by atoms with van der Waals surface area (Å²) in [7, 11) is 0. The Bertz CT molecular complexity index is 752. The van der Waals surface area contributed by atoms with Gasteiger partial charge in [-0.3, -0.25) is 14.4 Å². The van der Waals surface area contributed by atoms with Crippen molar-refractivity contribution in [2.24, 2.45) is 40.9 Å². The van der Waals surface area contributed by atoms with E-state index in [2.05, 4.69) is 20.8 Å². The molecule has 0 N–H and O–H groups in total. The molecule has 0 unspecified atom stereocenters.